The molecule has 0 saturated heterocycles. The molecule has 0 bridgehead atoms. The summed E-state index contributed by atoms with van der Waals surface area (Å²) in [6, 6.07) is 13.3. The van der Waals surface area contributed by atoms with Crippen LogP contribution in [0.4, 0.5) is 28.4 Å². The lowest BCUT2D eigenvalue weighted by Crippen LogP contribution is -2.13. The highest BCUT2D eigenvalue weighted by atomic mass is 32.2. The van der Waals surface area contributed by atoms with Crippen molar-refractivity contribution in [2.45, 2.75) is 28.0 Å². The summed E-state index contributed by atoms with van der Waals surface area (Å²) in [6.07, 6.45) is 0.376. The van der Waals surface area contributed by atoms with Gasteiger partial charge in [-0.1, -0.05) is 23.1 Å². The van der Waals surface area contributed by atoms with Crippen molar-refractivity contribution in [1.82, 2.24) is 0 Å². The first-order chi connectivity index (χ1) is 26.1. The topological polar surface area (TPSA) is 300 Å². The van der Waals surface area contributed by atoms with Gasteiger partial charge in [-0.2, -0.15) is 13.5 Å². The molecule has 0 aliphatic rings. The summed E-state index contributed by atoms with van der Waals surface area (Å²) >= 11 is 0.543. The molecule has 0 atom stereocenters. The third-order valence-electron chi connectivity index (χ3n) is 7.03. The highest BCUT2D eigenvalue weighted by Gasteiger charge is 2.22. The smallest absolute Gasteiger partial charge is 0.283 e. The van der Waals surface area contributed by atoms with Crippen molar-refractivity contribution in [3.05, 3.63) is 60.7 Å². The summed E-state index contributed by atoms with van der Waals surface area (Å²) in [5, 5.41) is 54.9. The van der Waals surface area contributed by atoms with Crippen LogP contribution in [-0.2, 0) is 52.7 Å². The first kappa shape index (κ1) is 43.7. The molecule has 4 aromatic carbocycles. The van der Waals surface area contributed by atoms with Gasteiger partial charge in [-0.3, -0.25) is 8.74 Å². The number of aromatic hydroxyl groups is 1. The number of sulfone groups is 2. The number of benzene rings is 4. The van der Waals surface area contributed by atoms with Gasteiger partial charge in [0.25, 0.3) is 10.1 Å². The molecule has 26 heteroatoms. The number of rotatable bonds is 21. The third kappa shape index (κ3) is 12.0. The molecule has 5 N–H and O–H groups in total. The summed E-state index contributed by atoms with van der Waals surface area (Å²) in [6.45, 7) is 1.35. The minimum absolute atomic E-state index is 0.00584. The molecule has 298 valence electrons. The molecule has 0 spiro atoms. The van der Waals surface area contributed by atoms with Crippen molar-refractivity contribution in [2.75, 3.05) is 36.4 Å². The SMILES string of the molecule is CCCS(=O)(=O)c1cccc(/N=N/c2c(NCS(=O)(=O)O)ccc3c(O)c(/N=N/c4cc(S(=O)(=O)CCOSOOO)ccc4OC)c(SOOO)cc23)c1. The highest BCUT2D eigenvalue weighted by molar-refractivity contribution is 7.94. The van der Waals surface area contributed by atoms with E-state index in [9.17, 15) is 34.9 Å². The molecule has 0 fully saturated rings. The Hall–Kier alpha value is -4.03. The molecule has 55 heavy (non-hydrogen) atoms. The van der Waals surface area contributed by atoms with E-state index in [1.54, 1.807) is 6.92 Å². The van der Waals surface area contributed by atoms with Gasteiger partial charge >= 0.3 is 0 Å². The van der Waals surface area contributed by atoms with E-state index in [1.165, 1.54) is 61.7 Å². The molecule has 0 saturated carbocycles. The molecular weight excluding hydrogens is 835 g/mol. The fourth-order valence-corrected chi connectivity index (χ4v) is 8.25. The molecular formula is C29H31N5O16S5. The molecule has 0 amide bonds. The van der Waals surface area contributed by atoms with E-state index in [-0.39, 0.29) is 84.3 Å². The Kier molecular flexibility index (Phi) is 15.7. The Morgan fingerprint density at radius 2 is 1.49 bits per heavy atom. The minimum Gasteiger partial charge on any atom is -0.505 e. The largest absolute Gasteiger partial charge is 0.505 e. The number of hydrogen-bond acceptors (Lipinski definition) is 22. The van der Waals surface area contributed by atoms with Gasteiger partial charge < -0.3 is 15.2 Å². The second kappa shape index (κ2) is 19.7. The Bertz CT molecular complexity index is 2380. The lowest BCUT2D eigenvalue weighted by Gasteiger charge is -2.14. The molecule has 0 aliphatic carbocycles. The summed E-state index contributed by atoms with van der Waals surface area (Å²) in [4.78, 5) is -0.308. The van der Waals surface area contributed by atoms with E-state index in [2.05, 4.69) is 44.5 Å². The number of fused-ring (bicyclic) bond motifs is 1. The van der Waals surface area contributed by atoms with E-state index < -0.39 is 47.2 Å². The van der Waals surface area contributed by atoms with Crippen molar-refractivity contribution in [3.63, 3.8) is 0 Å². The number of nitrogens with zero attached hydrogens (tertiary/aromatic N) is 4. The van der Waals surface area contributed by atoms with Gasteiger partial charge in [0.1, 0.15) is 28.7 Å². The Morgan fingerprint density at radius 3 is 2.18 bits per heavy atom. The molecule has 0 radical (unpaired) electrons. The van der Waals surface area contributed by atoms with E-state index in [1.807, 2.05) is 0 Å². The van der Waals surface area contributed by atoms with Crippen molar-refractivity contribution in [3.8, 4) is 11.5 Å². The first-order valence-corrected chi connectivity index (χ1v) is 21.5. The number of phenols is 1. The van der Waals surface area contributed by atoms with Crippen LogP contribution in [0, 0.1) is 0 Å². The van der Waals surface area contributed by atoms with Crippen LogP contribution in [0.5, 0.6) is 11.5 Å². The molecule has 4 rings (SSSR count). The zero-order valence-corrected chi connectivity index (χ0v) is 32.4. The van der Waals surface area contributed by atoms with E-state index >= 15 is 0 Å². The summed E-state index contributed by atoms with van der Waals surface area (Å²) < 4.78 is 103. The number of anilines is 1. The first-order valence-electron chi connectivity index (χ1n) is 15.1. The fourth-order valence-electron chi connectivity index (χ4n) is 4.64. The number of azo groups is 2. The van der Waals surface area contributed by atoms with Crippen LogP contribution in [0.25, 0.3) is 10.8 Å². The Morgan fingerprint density at radius 1 is 0.782 bits per heavy atom. The molecule has 0 aliphatic heterocycles. The van der Waals surface area contributed by atoms with Crippen molar-refractivity contribution < 1.29 is 73.1 Å². The number of methoxy groups -OCH3 is 1. The molecule has 0 unspecified atom stereocenters. The quantitative estimate of drug-likeness (QED) is 0.0140. The number of phenolic OH excluding ortho intramolecular Hbond substituents is 1. The zero-order valence-electron chi connectivity index (χ0n) is 28.3. The van der Waals surface area contributed by atoms with Gasteiger partial charge in [-0.05, 0) is 61.0 Å². The monoisotopic (exact) mass is 865 g/mol. The normalized spacial score (nSPS) is 12.6. The summed E-state index contributed by atoms with van der Waals surface area (Å²) in [5.41, 5.74) is -0.407. The number of hydrogen-bond donors (Lipinski definition) is 5. The van der Waals surface area contributed by atoms with Crippen molar-refractivity contribution >= 4 is 93.4 Å². The zero-order chi connectivity index (χ0) is 40.2. The minimum atomic E-state index is -4.55. The number of ether oxygens (including phenoxy) is 1. The van der Waals surface area contributed by atoms with Crippen LogP contribution >= 0.6 is 24.4 Å². The fraction of sp³-hybridized carbons (Fsp3) is 0.241. The van der Waals surface area contributed by atoms with E-state index in [4.69, 9.17) is 19.4 Å². The number of nitrogens with one attached hydrogen (secondary N) is 1. The van der Waals surface area contributed by atoms with Gasteiger partial charge in [0.05, 0.1) is 63.3 Å². The van der Waals surface area contributed by atoms with Crippen LogP contribution < -0.4 is 10.1 Å². The van der Waals surface area contributed by atoms with Gasteiger partial charge in [0.15, 0.2) is 37.7 Å². The average molecular weight is 866 g/mol. The van der Waals surface area contributed by atoms with Gasteiger partial charge in [0, 0.05) is 10.8 Å². The second-order valence-corrected chi connectivity index (χ2v) is 17.6. The Labute approximate surface area is 322 Å². The van der Waals surface area contributed by atoms with Gasteiger partial charge in [-0.25, -0.2) is 27.4 Å². The summed E-state index contributed by atoms with van der Waals surface area (Å²) in [7, 11) is -10.9. The Balaban J connectivity index is 1.84. The lowest BCUT2D eigenvalue weighted by atomic mass is 10.1. The van der Waals surface area contributed by atoms with Gasteiger partial charge in [-0.15, -0.1) is 24.0 Å². The standard InChI is InChI=1S/C29H31N5O16S5/c1-3-12-53(38,39)19-6-4-5-18(14-19)31-33-27-22-16-26(51-49-47-36)28(29(35)21(22)8-9-23(27)30-17-55(42,43)44)34-32-24-15-20(7-10-25(24)45-2)54(40,41)13-11-46-52-50-48-37/h4-10,14-16,30,35-37H,3,11-13,17H2,1-2H3,(H,42,43,44)/b33-31+,34-32+. The maximum absolute atomic E-state index is 12.9. The van der Waals surface area contributed by atoms with Gasteiger partial charge in [0.2, 0.25) is 0 Å². The van der Waals surface area contributed by atoms with Crippen LogP contribution in [0.2, 0.25) is 0 Å². The maximum Gasteiger partial charge on any atom is 0.283 e. The van der Waals surface area contributed by atoms with Crippen LogP contribution in [0.1, 0.15) is 13.3 Å². The highest BCUT2D eigenvalue weighted by Crippen LogP contribution is 2.48. The van der Waals surface area contributed by atoms with Crippen molar-refractivity contribution in [2.24, 2.45) is 20.5 Å². The second-order valence-electron chi connectivity index (χ2n) is 10.7. The van der Waals surface area contributed by atoms with Crippen LogP contribution in [0.15, 0.2) is 95.8 Å². The predicted molar refractivity (Wildman–Crippen MR) is 197 cm³/mol. The van der Waals surface area contributed by atoms with E-state index in [0.29, 0.717) is 18.5 Å². The molecule has 0 heterocycles. The third-order valence-corrected chi connectivity index (χ3v) is 12.1. The molecule has 21 nitrogen and oxygen atoms in total. The molecule has 0 aromatic heterocycles. The maximum atomic E-state index is 12.9. The lowest BCUT2D eigenvalue weighted by molar-refractivity contribution is -0.434. The van der Waals surface area contributed by atoms with Crippen LogP contribution in [-0.4, -0.2) is 76.5 Å². The van der Waals surface area contributed by atoms with Crippen molar-refractivity contribution in [1.29, 1.82) is 0 Å². The average Bonchev–Trinajstić information content (AvgIpc) is 3.14. The predicted octanol–water partition coefficient (Wildman–Crippen LogP) is 7.03. The van der Waals surface area contributed by atoms with Crippen LogP contribution in [0.3, 0.4) is 0 Å². The molecule has 4 aromatic rings. The summed E-state index contributed by atoms with van der Waals surface area (Å²) in [5.74, 6) is -2.07. The van der Waals surface area contributed by atoms with E-state index in [0.717, 1.165) is 6.07 Å².